The topological polar surface area (TPSA) is 49.9 Å². The number of hydrogen-bond acceptors (Lipinski definition) is 4. The van der Waals surface area contributed by atoms with Crippen molar-refractivity contribution in [2.75, 3.05) is 20.7 Å². The Balaban J connectivity index is 1.88. The van der Waals surface area contributed by atoms with E-state index in [-0.39, 0.29) is 18.2 Å². The van der Waals surface area contributed by atoms with Gasteiger partial charge in [-0.05, 0) is 23.3 Å². The van der Waals surface area contributed by atoms with E-state index in [4.69, 9.17) is 16.4 Å². The largest absolute Gasteiger partial charge is 0.297 e. The molecule has 2 aromatic carbocycles. The van der Waals surface area contributed by atoms with Crippen molar-refractivity contribution in [1.29, 1.82) is 0 Å². The first-order valence-electron chi connectivity index (χ1n) is 8.10. The summed E-state index contributed by atoms with van der Waals surface area (Å²) in [6.45, 7) is 0.290. The SMILES string of the molecule is CN1OC[C@H](S(=O)(=O)N(C)Cc2ccccc2)[C@@H]1c1ccc(F)c(Cl)c1. The molecule has 0 saturated carbocycles. The quantitative estimate of drug-likeness (QED) is 0.776. The van der Waals surface area contributed by atoms with Gasteiger partial charge in [-0.3, -0.25) is 4.84 Å². The first kappa shape index (κ1) is 19.3. The molecule has 5 nitrogen and oxygen atoms in total. The maximum absolute atomic E-state index is 13.5. The van der Waals surface area contributed by atoms with E-state index in [9.17, 15) is 12.8 Å². The molecule has 1 saturated heterocycles. The van der Waals surface area contributed by atoms with Gasteiger partial charge in [-0.1, -0.05) is 48.0 Å². The van der Waals surface area contributed by atoms with E-state index >= 15 is 0 Å². The highest BCUT2D eigenvalue weighted by molar-refractivity contribution is 7.89. The highest BCUT2D eigenvalue weighted by Gasteiger charge is 2.45. The Hall–Kier alpha value is -1.51. The third kappa shape index (κ3) is 3.77. The van der Waals surface area contributed by atoms with Gasteiger partial charge in [0, 0.05) is 20.6 Å². The van der Waals surface area contributed by atoms with Crippen LogP contribution in [-0.2, 0) is 21.4 Å². The van der Waals surface area contributed by atoms with E-state index in [1.807, 2.05) is 30.3 Å². The van der Waals surface area contributed by atoms with E-state index in [0.717, 1.165) is 5.56 Å². The Morgan fingerprint density at radius 3 is 2.62 bits per heavy atom. The molecule has 0 unspecified atom stereocenters. The summed E-state index contributed by atoms with van der Waals surface area (Å²) in [7, 11) is -0.448. The molecule has 0 radical (unpaired) electrons. The number of rotatable bonds is 5. The van der Waals surface area contributed by atoms with Crippen LogP contribution in [0.2, 0.25) is 5.02 Å². The predicted octanol–water partition coefficient (Wildman–Crippen LogP) is 3.23. The average Bonchev–Trinajstić information content (AvgIpc) is 3.00. The van der Waals surface area contributed by atoms with Crippen LogP contribution in [0.3, 0.4) is 0 Å². The van der Waals surface area contributed by atoms with Crippen LogP contribution in [0.5, 0.6) is 0 Å². The number of hydroxylamine groups is 2. The van der Waals surface area contributed by atoms with Crippen LogP contribution in [0.4, 0.5) is 4.39 Å². The monoisotopic (exact) mass is 398 g/mol. The number of hydrogen-bond donors (Lipinski definition) is 0. The lowest BCUT2D eigenvalue weighted by atomic mass is 10.0. The summed E-state index contributed by atoms with van der Waals surface area (Å²) >= 11 is 5.88. The number of benzene rings is 2. The van der Waals surface area contributed by atoms with Gasteiger partial charge in [-0.2, -0.15) is 5.06 Å². The molecule has 1 aliphatic rings. The minimum absolute atomic E-state index is 0.0254. The lowest BCUT2D eigenvalue weighted by Gasteiger charge is -2.27. The standard InChI is InChI=1S/C18H20ClFN2O3S/c1-21(11-13-6-4-3-5-7-13)26(23,24)17-12-25-22(2)18(17)14-8-9-16(20)15(19)10-14/h3-10,17-18H,11-12H2,1-2H3/t17-,18-/m0/s1. The van der Waals surface area contributed by atoms with Gasteiger partial charge in [0.15, 0.2) is 0 Å². The molecule has 8 heteroatoms. The zero-order chi connectivity index (χ0) is 18.9. The Kier molecular flexibility index (Phi) is 5.64. The van der Waals surface area contributed by atoms with Crippen molar-refractivity contribution in [3.8, 4) is 0 Å². The fourth-order valence-electron chi connectivity index (χ4n) is 3.13. The Labute approximate surface area is 157 Å². The molecular formula is C18H20ClFN2O3S. The second-order valence-corrected chi connectivity index (χ2v) is 8.95. The molecule has 1 fully saturated rings. The zero-order valence-electron chi connectivity index (χ0n) is 14.5. The molecule has 26 heavy (non-hydrogen) atoms. The predicted molar refractivity (Wildman–Crippen MR) is 98.5 cm³/mol. The van der Waals surface area contributed by atoms with Crippen LogP contribution < -0.4 is 0 Å². The molecule has 0 aromatic heterocycles. The molecule has 0 amide bonds. The molecule has 2 aromatic rings. The Morgan fingerprint density at radius 1 is 1.27 bits per heavy atom. The summed E-state index contributed by atoms with van der Waals surface area (Å²) in [6, 6.07) is 13.0. The van der Waals surface area contributed by atoms with E-state index < -0.39 is 27.1 Å². The van der Waals surface area contributed by atoms with Crippen molar-refractivity contribution in [2.45, 2.75) is 17.8 Å². The van der Waals surface area contributed by atoms with E-state index in [0.29, 0.717) is 5.56 Å². The van der Waals surface area contributed by atoms with Gasteiger partial charge in [0.1, 0.15) is 11.1 Å². The van der Waals surface area contributed by atoms with Gasteiger partial charge in [0.05, 0.1) is 17.7 Å². The normalized spacial score (nSPS) is 21.4. The second-order valence-electron chi connectivity index (χ2n) is 6.29. The van der Waals surface area contributed by atoms with Crippen LogP contribution in [-0.4, -0.2) is 43.7 Å². The Morgan fingerprint density at radius 2 is 1.96 bits per heavy atom. The number of sulfonamides is 1. The van der Waals surface area contributed by atoms with Gasteiger partial charge in [-0.15, -0.1) is 0 Å². The average molecular weight is 399 g/mol. The van der Waals surface area contributed by atoms with Gasteiger partial charge in [0.2, 0.25) is 10.0 Å². The fourth-order valence-corrected chi connectivity index (χ4v) is 5.00. The summed E-state index contributed by atoms with van der Waals surface area (Å²) in [5.74, 6) is -0.544. The molecule has 0 bridgehead atoms. The molecule has 3 rings (SSSR count). The summed E-state index contributed by atoms with van der Waals surface area (Å²) in [4.78, 5) is 5.48. The molecule has 1 heterocycles. The van der Waals surface area contributed by atoms with E-state index in [1.165, 1.54) is 27.6 Å². The highest BCUT2D eigenvalue weighted by atomic mass is 35.5. The van der Waals surface area contributed by atoms with E-state index in [1.54, 1.807) is 14.1 Å². The van der Waals surface area contributed by atoms with Crippen molar-refractivity contribution in [3.05, 3.63) is 70.5 Å². The maximum atomic E-state index is 13.5. The second kappa shape index (κ2) is 7.62. The molecule has 1 aliphatic heterocycles. The van der Waals surface area contributed by atoms with Crippen LogP contribution in [0.25, 0.3) is 0 Å². The van der Waals surface area contributed by atoms with Crippen LogP contribution >= 0.6 is 11.6 Å². The van der Waals surface area contributed by atoms with Crippen LogP contribution in [0.1, 0.15) is 17.2 Å². The maximum Gasteiger partial charge on any atom is 0.221 e. The number of halogens is 2. The molecule has 0 N–H and O–H groups in total. The molecule has 0 aliphatic carbocycles. The summed E-state index contributed by atoms with van der Waals surface area (Å²) in [5.41, 5.74) is 1.49. The molecule has 2 atom stereocenters. The summed E-state index contributed by atoms with van der Waals surface area (Å²) in [6.07, 6.45) is 0. The minimum atomic E-state index is -3.66. The number of nitrogens with zero attached hydrogens (tertiary/aromatic N) is 2. The first-order valence-corrected chi connectivity index (χ1v) is 9.98. The fraction of sp³-hybridized carbons (Fsp3) is 0.333. The molecular weight excluding hydrogens is 379 g/mol. The van der Waals surface area contributed by atoms with E-state index in [2.05, 4.69) is 0 Å². The van der Waals surface area contributed by atoms with Gasteiger partial charge in [0.25, 0.3) is 0 Å². The Bertz CT molecular complexity index is 879. The van der Waals surface area contributed by atoms with Crippen molar-refractivity contribution in [3.63, 3.8) is 0 Å². The molecule has 0 spiro atoms. The highest BCUT2D eigenvalue weighted by Crippen LogP contribution is 2.36. The van der Waals surface area contributed by atoms with Crippen LogP contribution in [0, 0.1) is 5.82 Å². The van der Waals surface area contributed by atoms with Crippen molar-refractivity contribution >= 4 is 21.6 Å². The lowest BCUT2D eigenvalue weighted by molar-refractivity contribution is -0.110. The van der Waals surface area contributed by atoms with Crippen LogP contribution in [0.15, 0.2) is 48.5 Å². The zero-order valence-corrected chi connectivity index (χ0v) is 16.0. The third-order valence-corrected chi connectivity index (χ3v) is 6.98. The first-order chi connectivity index (χ1) is 12.3. The van der Waals surface area contributed by atoms with Crippen molar-refractivity contribution < 1.29 is 17.6 Å². The molecule has 140 valence electrons. The van der Waals surface area contributed by atoms with Crippen molar-refractivity contribution in [2.24, 2.45) is 0 Å². The summed E-state index contributed by atoms with van der Waals surface area (Å²) in [5, 5.41) is 0.627. The lowest BCUT2D eigenvalue weighted by Crippen LogP contribution is -2.40. The summed E-state index contributed by atoms with van der Waals surface area (Å²) < 4.78 is 41.1. The van der Waals surface area contributed by atoms with Gasteiger partial charge >= 0.3 is 0 Å². The van der Waals surface area contributed by atoms with Gasteiger partial charge in [-0.25, -0.2) is 17.1 Å². The smallest absolute Gasteiger partial charge is 0.221 e. The minimum Gasteiger partial charge on any atom is -0.297 e. The van der Waals surface area contributed by atoms with Crippen molar-refractivity contribution in [1.82, 2.24) is 9.37 Å². The van der Waals surface area contributed by atoms with Gasteiger partial charge < -0.3 is 0 Å². The third-order valence-electron chi connectivity index (χ3n) is 4.54.